The molecule has 0 aliphatic rings. The molecule has 0 saturated carbocycles. The molecular formula is C73H80N4O. The van der Waals surface area contributed by atoms with E-state index in [0.29, 0.717) is 17.8 Å². The molecule has 5 nitrogen and oxygen atoms in total. The Hall–Kier alpha value is -7.50. The molecule has 0 aliphatic carbocycles. The van der Waals surface area contributed by atoms with Gasteiger partial charge < -0.3 is 4.74 Å². The fourth-order valence-electron chi connectivity index (χ4n) is 11.3. The molecule has 7 aromatic carbocycles. The topological polar surface area (TPSA) is 35.9 Å². The monoisotopic (exact) mass is 1030 g/mol. The van der Waals surface area contributed by atoms with Gasteiger partial charge >= 0.3 is 0 Å². The van der Waals surface area contributed by atoms with E-state index in [0.717, 1.165) is 56.4 Å². The van der Waals surface area contributed by atoms with Crippen LogP contribution in [-0.4, -0.2) is 14.1 Å². The summed E-state index contributed by atoms with van der Waals surface area (Å²) in [5, 5.41) is 2.31. The summed E-state index contributed by atoms with van der Waals surface area (Å²) in [4.78, 5) is 5.15. The molecule has 0 radical (unpaired) electrons. The third-order valence-electron chi connectivity index (χ3n) is 16.4. The molecule has 0 aliphatic heterocycles. The van der Waals surface area contributed by atoms with Crippen molar-refractivity contribution in [3.05, 3.63) is 233 Å². The summed E-state index contributed by atoms with van der Waals surface area (Å²) in [6.07, 6.45) is 8.21. The predicted octanol–water partition coefficient (Wildman–Crippen LogP) is 19.1. The molecule has 10 rings (SSSR count). The minimum absolute atomic E-state index is 0.0537. The second kappa shape index (κ2) is 20.4. The Balaban J connectivity index is 1.16. The lowest BCUT2D eigenvalue weighted by Gasteiger charge is -2.29. The first-order valence-corrected chi connectivity index (χ1v) is 28.3. The van der Waals surface area contributed by atoms with Gasteiger partial charge in [-0.05, 0) is 145 Å². The molecule has 78 heavy (non-hydrogen) atoms. The van der Waals surface area contributed by atoms with Gasteiger partial charge in [0, 0.05) is 40.1 Å². The van der Waals surface area contributed by atoms with Crippen LogP contribution in [0, 0.1) is 6.33 Å². The van der Waals surface area contributed by atoms with Crippen molar-refractivity contribution in [2.45, 2.75) is 150 Å². The molecule has 0 amide bonds. The normalized spacial score (nSPS) is 12.7. The van der Waals surface area contributed by atoms with Crippen molar-refractivity contribution in [2.75, 3.05) is 0 Å². The van der Waals surface area contributed by atoms with Gasteiger partial charge in [0.05, 0.1) is 28.1 Å². The number of imidazole rings is 1. The molecule has 0 fully saturated rings. The number of ether oxygens (including phenoxy) is 1. The Bertz CT molecular complexity index is 3750. The summed E-state index contributed by atoms with van der Waals surface area (Å²) >= 11 is 0. The molecule has 3 heterocycles. The second-order valence-electron chi connectivity index (χ2n) is 25.9. The molecule has 0 spiro atoms. The molecule has 10 aromatic rings. The van der Waals surface area contributed by atoms with Crippen LogP contribution >= 0.6 is 0 Å². The second-order valence-corrected chi connectivity index (χ2v) is 25.9. The highest BCUT2D eigenvalue weighted by molar-refractivity contribution is 6.09. The molecule has 0 saturated heterocycles. The van der Waals surface area contributed by atoms with Gasteiger partial charge in [-0.15, -0.1) is 0 Å². The van der Waals surface area contributed by atoms with Crippen LogP contribution in [0.15, 0.2) is 176 Å². The zero-order valence-corrected chi connectivity index (χ0v) is 49.2. The van der Waals surface area contributed by atoms with Crippen molar-refractivity contribution in [2.24, 2.45) is 0 Å². The van der Waals surface area contributed by atoms with Gasteiger partial charge in [-0.25, -0.2) is 4.98 Å². The first-order chi connectivity index (χ1) is 36.9. The molecule has 398 valence electrons. The predicted molar refractivity (Wildman–Crippen MR) is 327 cm³/mol. The maximum absolute atomic E-state index is 7.26. The minimum Gasteiger partial charge on any atom is -0.458 e. The Morgan fingerprint density at radius 1 is 0.487 bits per heavy atom. The standard InChI is InChI=1S/C73H80N4O/c1-47(2)51-35-63(48(3)4)69(64(36-51)49(5)6)50-33-34-74-68(37-50)77-65-30-24-23-29-61(65)62-32-31-59(44-66(62)77)78-60-42-56(72(13,14)52-25-19-17-20-26-52)41-58(43-60)76-46-75(45-67(76)73(15,16)53-27-21-18-22-28-53)57-39-54(70(7,8)9)38-55(40-57)71(10,11)12/h17-45,47-49H,1-16H3. The van der Waals surface area contributed by atoms with E-state index < -0.39 is 5.41 Å². The first kappa shape index (κ1) is 53.9. The van der Waals surface area contributed by atoms with Crippen LogP contribution in [0.2, 0.25) is 0 Å². The summed E-state index contributed by atoms with van der Waals surface area (Å²) in [6, 6.07) is 60.0. The van der Waals surface area contributed by atoms with E-state index >= 15 is 0 Å². The van der Waals surface area contributed by atoms with Gasteiger partial charge in [0.25, 0.3) is 6.33 Å². The fourth-order valence-corrected chi connectivity index (χ4v) is 11.3. The van der Waals surface area contributed by atoms with Crippen molar-refractivity contribution < 1.29 is 9.30 Å². The quantitative estimate of drug-likeness (QED) is 0.0852. The number of para-hydroxylation sites is 1. The average Bonchev–Trinajstić information content (AvgIpc) is 4.21. The Morgan fingerprint density at radius 2 is 1.06 bits per heavy atom. The van der Waals surface area contributed by atoms with E-state index in [9.17, 15) is 0 Å². The number of fused-ring (bicyclic) bond motifs is 3. The van der Waals surface area contributed by atoms with E-state index in [1.807, 2.05) is 6.20 Å². The molecule has 0 atom stereocenters. The highest BCUT2D eigenvalue weighted by atomic mass is 16.5. The van der Waals surface area contributed by atoms with Gasteiger partial charge in [-0.3, -0.25) is 13.7 Å². The Kier molecular flexibility index (Phi) is 14.1. The van der Waals surface area contributed by atoms with Crippen molar-refractivity contribution >= 4 is 21.8 Å². The maximum atomic E-state index is 7.26. The molecule has 3 aromatic heterocycles. The van der Waals surface area contributed by atoms with E-state index in [-0.39, 0.29) is 16.2 Å². The Labute approximate surface area is 465 Å². The molecule has 0 unspecified atom stereocenters. The van der Waals surface area contributed by atoms with Crippen LogP contribution in [0.4, 0.5) is 0 Å². The van der Waals surface area contributed by atoms with Crippen molar-refractivity contribution in [1.29, 1.82) is 0 Å². The summed E-state index contributed by atoms with van der Waals surface area (Å²) in [5.41, 5.74) is 17.2. The summed E-state index contributed by atoms with van der Waals surface area (Å²) < 4.78 is 14.1. The van der Waals surface area contributed by atoms with Gasteiger partial charge in [0.2, 0.25) is 0 Å². The van der Waals surface area contributed by atoms with Crippen LogP contribution in [0.1, 0.15) is 179 Å². The third kappa shape index (κ3) is 10.2. The fraction of sp³-hybridized carbons (Fsp3) is 0.315. The van der Waals surface area contributed by atoms with Gasteiger partial charge in [0.15, 0.2) is 0 Å². The van der Waals surface area contributed by atoms with Crippen LogP contribution < -0.4 is 9.30 Å². The highest BCUT2D eigenvalue weighted by Gasteiger charge is 2.32. The van der Waals surface area contributed by atoms with Crippen LogP contribution in [0.25, 0.3) is 50.1 Å². The lowest BCUT2D eigenvalue weighted by atomic mass is 9.78. The largest absolute Gasteiger partial charge is 0.458 e. The third-order valence-corrected chi connectivity index (χ3v) is 16.4. The van der Waals surface area contributed by atoms with E-state index in [1.165, 1.54) is 55.5 Å². The molecule has 0 N–H and O–H groups in total. The number of rotatable bonds is 13. The zero-order chi connectivity index (χ0) is 55.6. The first-order valence-electron chi connectivity index (χ1n) is 28.3. The maximum Gasteiger partial charge on any atom is 0.269 e. The van der Waals surface area contributed by atoms with Gasteiger partial charge in [-0.1, -0.05) is 208 Å². The molecule has 0 bridgehead atoms. The smallest absolute Gasteiger partial charge is 0.269 e. The number of nitrogens with zero attached hydrogens (tertiary/aromatic N) is 4. The number of pyridine rings is 1. The van der Waals surface area contributed by atoms with E-state index in [4.69, 9.17) is 9.72 Å². The van der Waals surface area contributed by atoms with Crippen LogP contribution in [0.5, 0.6) is 11.5 Å². The van der Waals surface area contributed by atoms with Crippen LogP contribution in [0.3, 0.4) is 0 Å². The average molecular weight is 1030 g/mol. The lowest BCUT2D eigenvalue weighted by molar-refractivity contribution is -0.599. The van der Waals surface area contributed by atoms with Crippen molar-refractivity contribution in [3.8, 4) is 39.8 Å². The van der Waals surface area contributed by atoms with E-state index in [2.05, 4.69) is 301 Å². The number of aromatic nitrogens is 4. The Morgan fingerprint density at radius 3 is 1.65 bits per heavy atom. The van der Waals surface area contributed by atoms with Gasteiger partial charge in [-0.2, -0.15) is 0 Å². The zero-order valence-electron chi connectivity index (χ0n) is 49.2. The van der Waals surface area contributed by atoms with Crippen molar-refractivity contribution in [1.82, 2.24) is 14.1 Å². The lowest BCUT2D eigenvalue weighted by Crippen LogP contribution is -2.30. The molecular weight excluding hydrogens is 949 g/mol. The number of hydrogen-bond acceptors (Lipinski definition) is 2. The van der Waals surface area contributed by atoms with Gasteiger partial charge in [0.1, 0.15) is 17.3 Å². The number of benzene rings is 7. The number of hydrogen-bond donors (Lipinski definition) is 0. The van der Waals surface area contributed by atoms with Crippen LogP contribution in [-0.2, 0) is 21.7 Å². The SMILES string of the molecule is CC(C)c1cc(C(C)C)c(-c2ccnc(-n3c4ccccc4c4ccc(Oc5cc(-n6[c-][n+](-c7cc(C(C)(C)C)cc(C(C)(C)C)c7)cc6C(C)(C)c6ccccc6)cc(C(C)(C)c6ccccc6)c5)cc43)c2)c(C(C)C)c1. The van der Waals surface area contributed by atoms with E-state index in [1.54, 1.807) is 0 Å². The summed E-state index contributed by atoms with van der Waals surface area (Å²) in [7, 11) is 0. The highest BCUT2D eigenvalue weighted by Crippen LogP contribution is 2.43. The summed E-state index contributed by atoms with van der Waals surface area (Å²) in [6.45, 7) is 36.9. The van der Waals surface area contributed by atoms with Crippen molar-refractivity contribution in [3.63, 3.8) is 0 Å². The summed E-state index contributed by atoms with van der Waals surface area (Å²) in [5.74, 6) is 3.49. The minimum atomic E-state index is -0.419. The molecule has 5 heteroatoms.